The Morgan fingerprint density at radius 1 is 1.44 bits per heavy atom. The molecule has 3 heteroatoms. The summed E-state index contributed by atoms with van der Waals surface area (Å²) in [6.45, 7) is 0. The van der Waals surface area contributed by atoms with Crippen LogP contribution in [-0.2, 0) is 0 Å². The minimum Gasteiger partial charge on any atom is -0.363 e. The van der Waals surface area contributed by atoms with Crippen LogP contribution in [0.3, 0.4) is 0 Å². The van der Waals surface area contributed by atoms with Crippen molar-refractivity contribution in [3.8, 4) is 0 Å². The van der Waals surface area contributed by atoms with Gasteiger partial charge in [0, 0.05) is 12.4 Å². The lowest BCUT2D eigenvalue weighted by atomic mass is 10.4. The molecule has 44 valence electrons. The van der Waals surface area contributed by atoms with Crippen LogP contribution in [0.25, 0.3) is 10.9 Å². The minimum atomic E-state index is 0.852. The van der Waals surface area contributed by atoms with E-state index < -0.39 is 0 Å². The van der Waals surface area contributed by atoms with Crippen LogP contribution in [-0.4, -0.2) is 10.1 Å². The van der Waals surface area contributed by atoms with Gasteiger partial charge in [-0.3, -0.25) is 4.98 Å². The molecule has 2 rings (SSSR count). The molecule has 0 spiro atoms. The number of hydrogen-bond donors (Lipinski definition) is 0. The summed E-state index contributed by atoms with van der Waals surface area (Å²) in [6, 6.07) is 1.80. The van der Waals surface area contributed by atoms with Gasteiger partial charge in [0.1, 0.15) is 11.8 Å². The Kier molecular flexibility index (Phi) is 0.773. The molecule has 0 atom stereocenters. The summed E-state index contributed by atoms with van der Waals surface area (Å²) in [7, 11) is 0. The zero-order valence-electron chi connectivity index (χ0n) is 4.61. The molecule has 0 aliphatic heterocycles. The lowest BCUT2D eigenvalue weighted by molar-refractivity contribution is 0.428. The molecule has 0 aromatic carbocycles. The van der Waals surface area contributed by atoms with Crippen LogP contribution < -0.4 is 0 Å². The number of aromatic nitrogens is 2. The third-order valence-electron chi connectivity index (χ3n) is 1.16. The Morgan fingerprint density at radius 3 is 3.33 bits per heavy atom. The SMILES string of the molecule is c1cc2nocc2cn1. The number of pyridine rings is 1. The highest BCUT2D eigenvalue weighted by Gasteiger charge is 1.92. The van der Waals surface area contributed by atoms with Crippen molar-refractivity contribution in [3.63, 3.8) is 0 Å². The first kappa shape index (κ1) is 4.49. The van der Waals surface area contributed by atoms with Crippen molar-refractivity contribution in [3.05, 3.63) is 24.7 Å². The van der Waals surface area contributed by atoms with E-state index in [9.17, 15) is 0 Å². The standard InChI is InChI=1S/C6H4N2O/c1-2-7-3-5-4-9-8-6(1)5/h1-4H. The van der Waals surface area contributed by atoms with Crippen molar-refractivity contribution in [2.75, 3.05) is 0 Å². The van der Waals surface area contributed by atoms with Crippen molar-refractivity contribution in [2.45, 2.75) is 0 Å². The highest BCUT2D eigenvalue weighted by molar-refractivity contribution is 5.75. The normalized spacial score (nSPS) is 10.2. The van der Waals surface area contributed by atoms with Gasteiger partial charge in [-0.2, -0.15) is 0 Å². The zero-order valence-corrected chi connectivity index (χ0v) is 4.61. The van der Waals surface area contributed by atoms with Gasteiger partial charge in [0.25, 0.3) is 0 Å². The molecule has 0 aliphatic rings. The van der Waals surface area contributed by atoms with E-state index in [1.165, 1.54) is 0 Å². The highest BCUT2D eigenvalue weighted by atomic mass is 16.5. The largest absolute Gasteiger partial charge is 0.363 e. The molecular formula is C6H4N2O. The van der Waals surface area contributed by atoms with Gasteiger partial charge in [-0.05, 0) is 6.07 Å². The molecule has 0 bridgehead atoms. The fourth-order valence-corrected chi connectivity index (χ4v) is 0.713. The van der Waals surface area contributed by atoms with Crippen molar-refractivity contribution in [1.29, 1.82) is 0 Å². The average Bonchev–Trinajstić information content (AvgIpc) is 2.33. The maximum Gasteiger partial charge on any atom is 0.133 e. The fraction of sp³-hybridized carbons (Fsp3) is 0. The van der Waals surface area contributed by atoms with Gasteiger partial charge >= 0.3 is 0 Å². The van der Waals surface area contributed by atoms with Crippen LogP contribution in [0.1, 0.15) is 0 Å². The van der Waals surface area contributed by atoms with Crippen LogP contribution in [0, 0.1) is 0 Å². The van der Waals surface area contributed by atoms with Gasteiger partial charge in [-0.1, -0.05) is 5.16 Å². The van der Waals surface area contributed by atoms with Crippen molar-refractivity contribution in [2.24, 2.45) is 0 Å². The van der Waals surface area contributed by atoms with Gasteiger partial charge in [-0.25, -0.2) is 0 Å². The molecule has 0 N–H and O–H groups in total. The first-order valence-electron chi connectivity index (χ1n) is 2.61. The quantitative estimate of drug-likeness (QED) is 0.524. The third-order valence-corrected chi connectivity index (χ3v) is 1.16. The smallest absolute Gasteiger partial charge is 0.133 e. The summed E-state index contributed by atoms with van der Waals surface area (Å²) in [6.07, 6.45) is 4.97. The summed E-state index contributed by atoms with van der Waals surface area (Å²) in [5, 5.41) is 4.65. The summed E-state index contributed by atoms with van der Waals surface area (Å²) in [5.41, 5.74) is 0.852. The molecule has 0 amide bonds. The predicted molar refractivity (Wildman–Crippen MR) is 31.8 cm³/mol. The Labute approximate surface area is 51.3 Å². The fourth-order valence-electron chi connectivity index (χ4n) is 0.713. The molecule has 0 aliphatic carbocycles. The topological polar surface area (TPSA) is 38.9 Å². The second kappa shape index (κ2) is 1.55. The second-order valence-electron chi connectivity index (χ2n) is 1.75. The van der Waals surface area contributed by atoms with E-state index in [1.807, 2.05) is 0 Å². The summed E-state index contributed by atoms with van der Waals surface area (Å²) in [5.74, 6) is 0. The van der Waals surface area contributed by atoms with E-state index in [4.69, 9.17) is 0 Å². The van der Waals surface area contributed by atoms with Gasteiger partial charge < -0.3 is 4.52 Å². The summed E-state index contributed by atoms with van der Waals surface area (Å²) < 4.78 is 4.67. The number of fused-ring (bicyclic) bond motifs is 1. The lowest BCUT2D eigenvalue weighted by Crippen LogP contribution is -1.67. The van der Waals surface area contributed by atoms with Gasteiger partial charge in [0.15, 0.2) is 0 Å². The van der Waals surface area contributed by atoms with Crippen LogP contribution in [0.4, 0.5) is 0 Å². The van der Waals surface area contributed by atoms with Crippen molar-refractivity contribution < 1.29 is 4.52 Å². The van der Waals surface area contributed by atoms with E-state index in [2.05, 4.69) is 14.7 Å². The van der Waals surface area contributed by atoms with Gasteiger partial charge in [0.2, 0.25) is 0 Å². The molecule has 0 saturated carbocycles. The monoisotopic (exact) mass is 120 g/mol. The maximum atomic E-state index is 4.67. The van der Waals surface area contributed by atoms with Gasteiger partial charge in [-0.15, -0.1) is 0 Å². The summed E-state index contributed by atoms with van der Waals surface area (Å²) >= 11 is 0. The Morgan fingerprint density at radius 2 is 2.44 bits per heavy atom. The van der Waals surface area contributed by atoms with Crippen LogP contribution in [0.2, 0.25) is 0 Å². The maximum absolute atomic E-state index is 4.67. The Bertz CT molecular complexity index is 285. The molecular weight excluding hydrogens is 116 g/mol. The molecule has 0 fully saturated rings. The Balaban J connectivity index is 2.95. The first-order valence-corrected chi connectivity index (χ1v) is 2.61. The molecule has 0 radical (unpaired) electrons. The number of nitrogens with zero attached hydrogens (tertiary/aromatic N) is 2. The molecule has 3 nitrogen and oxygen atoms in total. The molecule has 0 saturated heterocycles. The number of hydrogen-bond acceptors (Lipinski definition) is 3. The Hall–Kier alpha value is -1.38. The van der Waals surface area contributed by atoms with E-state index in [-0.39, 0.29) is 0 Å². The van der Waals surface area contributed by atoms with E-state index in [0.29, 0.717) is 0 Å². The zero-order chi connectivity index (χ0) is 6.10. The van der Waals surface area contributed by atoms with Crippen molar-refractivity contribution in [1.82, 2.24) is 10.1 Å². The first-order chi connectivity index (χ1) is 4.47. The number of rotatable bonds is 0. The highest BCUT2D eigenvalue weighted by Crippen LogP contribution is 2.07. The molecule has 2 aromatic rings. The second-order valence-corrected chi connectivity index (χ2v) is 1.75. The molecule has 2 aromatic heterocycles. The van der Waals surface area contributed by atoms with Gasteiger partial charge in [0.05, 0.1) is 5.39 Å². The van der Waals surface area contributed by atoms with Crippen LogP contribution in [0.15, 0.2) is 29.2 Å². The predicted octanol–water partition coefficient (Wildman–Crippen LogP) is 1.22. The molecule has 2 heterocycles. The van der Waals surface area contributed by atoms with Crippen LogP contribution in [0.5, 0.6) is 0 Å². The van der Waals surface area contributed by atoms with E-state index in [1.54, 1.807) is 24.7 Å². The lowest BCUT2D eigenvalue weighted by Gasteiger charge is -1.77. The van der Waals surface area contributed by atoms with E-state index in [0.717, 1.165) is 10.9 Å². The molecule has 9 heavy (non-hydrogen) atoms. The van der Waals surface area contributed by atoms with Crippen molar-refractivity contribution >= 4 is 10.9 Å². The average molecular weight is 120 g/mol. The third kappa shape index (κ3) is 0.579. The molecule has 0 unspecified atom stereocenters. The minimum absolute atomic E-state index is 0.852. The summed E-state index contributed by atoms with van der Waals surface area (Å²) in [4.78, 5) is 3.89. The van der Waals surface area contributed by atoms with E-state index >= 15 is 0 Å². The van der Waals surface area contributed by atoms with Crippen LogP contribution >= 0.6 is 0 Å².